The molecule has 1 aromatic heterocycles. The molecule has 24 heavy (non-hydrogen) atoms. The maximum atomic E-state index is 12.2. The topological polar surface area (TPSA) is 72.5 Å². The molecule has 0 radical (unpaired) electrons. The Morgan fingerprint density at radius 3 is 3.00 bits per heavy atom. The third-order valence-corrected chi connectivity index (χ3v) is 3.54. The Morgan fingerprint density at radius 2 is 2.33 bits per heavy atom. The van der Waals surface area contributed by atoms with Gasteiger partial charge in [0.15, 0.2) is 6.61 Å². The average Bonchev–Trinajstić information content (AvgIpc) is 3.05. The Bertz CT molecular complexity index is 548. The van der Waals surface area contributed by atoms with Crippen LogP contribution in [-0.2, 0) is 11.3 Å². The molecule has 0 aromatic carbocycles. The van der Waals surface area contributed by atoms with E-state index < -0.39 is 18.8 Å². The maximum Gasteiger partial charge on any atom is 0.422 e. The van der Waals surface area contributed by atoms with Crippen LogP contribution in [0.4, 0.5) is 18.0 Å². The van der Waals surface area contributed by atoms with Crippen LogP contribution in [0.25, 0.3) is 0 Å². The number of carbonyl (C=O) groups excluding carboxylic acids is 1. The van der Waals surface area contributed by atoms with E-state index in [1.54, 1.807) is 12.1 Å². The summed E-state index contributed by atoms with van der Waals surface area (Å²) in [5.41, 5.74) is 0.363. The fourth-order valence-electron chi connectivity index (χ4n) is 2.36. The third kappa shape index (κ3) is 5.88. The van der Waals surface area contributed by atoms with Crippen molar-refractivity contribution in [1.29, 1.82) is 0 Å². The predicted octanol–water partition coefficient (Wildman–Crippen LogP) is 2.39. The van der Waals surface area contributed by atoms with E-state index in [-0.39, 0.29) is 24.6 Å². The second kappa shape index (κ2) is 8.18. The summed E-state index contributed by atoms with van der Waals surface area (Å²) >= 11 is 0. The molecule has 0 spiro atoms. The second-order valence-electron chi connectivity index (χ2n) is 5.54. The summed E-state index contributed by atoms with van der Waals surface area (Å²) in [5, 5.41) is 5.34. The van der Waals surface area contributed by atoms with Crippen molar-refractivity contribution in [3.05, 3.63) is 23.9 Å². The Hall–Kier alpha value is -2.03. The number of urea groups is 1. The van der Waals surface area contributed by atoms with Gasteiger partial charge in [-0.25, -0.2) is 9.78 Å². The fraction of sp³-hybridized carbons (Fsp3) is 0.600. The highest BCUT2D eigenvalue weighted by Crippen LogP contribution is 2.20. The summed E-state index contributed by atoms with van der Waals surface area (Å²) < 4.78 is 46.9. The van der Waals surface area contributed by atoms with Crippen LogP contribution in [0, 0.1) is 0 Å². The van der Waals surface area contributed by atoms with Gasteiger partial charge in [-0.2, -0.15) is 13.2 Å². The van der Waals surface area contributed by atoms with Crippen LogP contribution < -0.4 is 15.4 Å². The number of hydrogen-bond acceptors (Lipinski definition) is 4. The number of rotatable bonds is 6. The summed E-state index contributed by atoms with van der Waals surface area (Å²) in [6.45, 7) is 1.11. The van der Waals surface area contributed by atoms with Crippen molar-refractivity contribution in [2.75, 3.05) is 13.2 Å². The van der Waals surface area contributed by atoms with Crippen LogP contribution >= 0.6 is 0 Å². The van der Waals surface area contributed by atoms with E-state index in [0.29, 0.717) is 12.2 Å². The Morgan fingerprint density at radius 1 is 1.54 bits per heavy atom. The Kier molecular flexibility index (Phi) is 6.24. The van der Waals surface area contributed by atoms with Gasteiger partial charge in [-0.1, -0.05) is 6.07 Å². The first-order chi connectivity index (χ1) is 11.3. The van der Waals surface area contributed by atoms with Crippen molar-refractivity contribution in [3.8, 4) is 5.88 Å². The molecule has 1 aliphatic heterocycles. The molecule has 2 amide bonds. The quantitative estimate of drug-likeness (QED) is 0.829. The van der Waals surface area contributed by atoms with E-state index in [4.69, 9.17) is 4.74 Å². The summed E-state index contributed by atoms with van der Waals surface area (Å²) in [6.07, 6.45) is -1.28. The van der Waals surface area contributed by atoms with Crippen LogP contribution in [0.15, 0.2) is 18.3 Å². The fourth-order valence-corrected chi connectivity index (χ4v) is 2.36. The van der Waals surface area contributed by atoms with E-state index in [1.165, 1.54) is 6.20 Å². The van der Waals surface area contributed by atoms with Gasteiger partial charge in [0.1, 0.15) is 0 Å². The van der Waals surface area contributed by atoms with Crippen molar-refractivity contribution >= 4 is 6.03 Å². The van der Waals surface area contributed by atoms with Gasteiger partial charge in [-0.05, 0) is 25.8 Å². The number of nitrogens with one attached hydrogen (secondary N) is 2. The van der Waals surface area contributed by atoms with Crippen molar-refractivity contribution in [1.82, 2.24) is 15.6 Å². The molecule has 9 heteroatoms. The molecule has 2 atom stereocenters. The van der Waals surface area contributed by atoms with Gasteiger partial charge in [0.25, 0.3) is 0 Å². The summed E-state index contributed by atoms with van der Waals surface area (Å²) in [6, 6.07) is 2.53. The van der Waals surface area contributed by atoms with Gasteiger partial charge in [-0.3, -0.25) is 0 Å². The molecule has 1 fully saturated rings. The molecule has 134 valence electrons. The monoisotopic (exact) mass is 347 g/mol. The Labute approximate surface area is 137 Å². The molecule has 2 rings (SSSR count). The van der Waals surface area contributed by atoms with Gasteiger partial charge in [0, 0.05) is 24.9 Å². The SMILES string of the molecule is C[C@@H](NC(=O)NCc1cccnc1OCC(F)(F)F)[C@H]1CCCO1. The smallest absolute Gasteiger partial charge is 0.422 e. The highest BCUT2D eigenvalue weighted by molar-refractivity contribution is 5.74. The first kappa shape index (κ1) is 18.3. The lowest BCUT2D eigenvalue weighted by Crippen LogP contribution is -2.45. The molecule has 0 unspecified atom stereocenters. The lowest BCUT2D eigenvalue weighted by Gasteiger charge is -2.20. The molecular formula is C15H20F3N3O3. The highest BCUT2D eigenvalue weighted by Gasteiger charge is 2.29. The van der Waals surface area contributed by atoms with Crippen molar-refractivity contribution in [2.24, 2.45) is 0 Å². The minimum absolute atomic E-state index is 0.00507. The zero-order valence-electron chi connectivity index (χ0n) is 13.2. The van der Waals surface area contributed by atoms with Crippen LogP contribution in [0.5, 0.6) is 5.88 Å². The largest absolute Gasteiger partial charge is 0.468 e. The van der Waals surface area contributed by atoms with Crippen LogP contribution in [-0.4, -0.2) is 42.6 Å². The third-order valence-electron chi connectivity index (χ3n) is 3.54. The zero-order valence-corrected chi connectivity index (χ0v) is 13.2. The zero-order chi connectivity index (χ0) is 17.6. The van der Waals surface area contributed by atoms with Gasteiger partial charge < -0.3 is 20.1 Å². The molecular weight excluding hydrogens is 327 g/mol. The first-order valence-corrected chi connectivity index (χ1v) is 7.64. The summed E-state index contributed by atoms with van der Waals surface area (Å²) in [4.78, 5) is 15.7. The van der Waals surface area contributed by atoms with E-state index in [1.807, 2.05) is 6.92 Å². The Balaban J connectivity index is 1.83. The van der Waals surface area contributed by atoms with E-state index in [0.717, 1.165) is 12.8 Å². The first-order valence-electron chi connectivity index (χ1n) is 7.64. The molecule has 1 aliphatic rings. The number of pyridine rings is 1. The number of alkyl halides is 3. The van der Waals surface area contributed by atoms with Gasteiger partial charge in [0.2, 0.25) is 5.88 Å². The van der Waals surface area contributed by atoms with Crippen molar-refractivity contribution in [2.45, 2.75) is 44.6 Å². The summed E-state index contributed by atoms with van der Waals surface area (Å²) in [5.74, 6) is -0.151. The van der Waals surface area contributed by atoms with E-state index in [9.17, 15) is 18.0 Å². The minimum Gasteiger partial charge on any atom is -0.468 e. The number of halogens is 3. The number of nitrogens with zero attached hydrogens (tertiary/aromatic N) is 1. The molecule has 2 heterocycles. The van der Waals surface area contributed by atoms with Crippen molar-refractivity contribution < 1.29 is 27.4 Å². The molecule has 0 aliphatic carbocycles. The highest BCUT2D eigenvalue weighted by atomic mass is 19.4. The lowest BCUT2D eigenvalue weighted by molar-refractivity contribution is -0.154. The number of hydrogen-bond donors (Lipinski definition) is 2. The van der Waals surface area contributed by atoms with Crippen molar-refractivity contribution in [3.63, 3.8) is 0 Å². The minimum atomic E-state index is -4.45. The number of aromatic nitrogens is 1. The molecule has 1 aromatic rings. The van der Waals surface area contributed by atoms with Crippen LogP contribution in [0.3, 0.4) is 0 Å². The molecule has 2 N–H and O–H groups in total. The number of amides is 2. The van der Waals surface area contributed by atoms with Gasteiger partial charge in [0.05, 0.1) is 12.1 Å². The molecule has 0 bridgehead atoms. The van der Waals surface area contributed by atoms with E-state index in [2.05, 4.69) is 20.4 Å². The predicted molar refractivity (Wildman–Crippen MR) is 79.6 cm³/mol. The standard InChI is InChI=1S/C15H20F3N3O3/c1-10(12-5-3-7-23-12)21-14(22)20-8-11-4-2-6-19-13(11)24-9-15(16,17)18/h2,4,6,10,12H,3,5,7-9H2,1H3,(H2,20,21,22)/t10-,12-/m1/s1. The molecule has 1 saturated heterocycles. The van der Waals surface area contributed by atoms with Gasteiger partial charge in [-0.15, -0.1) is 0 Å². The lowest BCUT2D eigenvalue weighted by atomic mass is 10.1. The number of carbonyl (C=O) groups is 1. The molecule has 0 saturated carbocycles. The van der Waals surface area contributed by atoms with Gasteiger partial charge >= 0.3 is 12.2 Å². The van der Waals surface area contributed by atoms with Crippen LogP contribution in [0.1, 0.15) is 25.3 Å². The molecule has 6 nitrogen and oxygen atoms in total. The summed E-state index contributed by atoms with van der Waals surface area (Å²) in [7, 11) is 0. The average molecular weight is 347 g/mol. The second-order valence-corrected chi connectivity index (χ2v) is 5.54. The van der Waals surface area contributed by atoms with E-state index >= 15 is 0 Å². The maximum absolute atomic E-state index is 12.2. The van der Waals surface area contributed by atoms with Crippen LogP contribution in [0.2, 0.25) is 0 Å². The number of ether oxygens (including phenoxy) is 2. The normalized spacial score (nSPS) is 18.9.